The summed E-state index contributed by atoms with van der Waals surface area (Å²) >= 11 is 0. The molecule has 1 aliphatic carbocycles. The van der Waals surface area contributed by atoms with Crippen molar-refractivity contribution in [1.29, 1.82) is 0 Å². The van der Waals surface area contributed by atoms with Crippen molar-refractivity contribution in [2.45, 2.75) is 50.3 Å². The lowest BCUT2D eigenvalue weighted by Crippen LogP contribution is -2.52. The van der Waals surface area contributed by atoms with Crippen molar-refractivity contribution in [1.82, 2.24) is 5.32 Å². The van der Waals surface area contributed by atoms with Crippen LogP contribution in [0.1, 0.15) is 43.7 Å². The lowest BCUT2D eigenvalue weighted by atomic mass is 9.94. The molecule has 6 rings (SSSR count). The van der Waals surface area contributed by atoms with Gasteiger partial charge in [0.15, 0.2) is 23.0 Å². The van der Waals surface area contributed by atoms with Crippen molar-refractivity contribution in [3.05, 3.63) is 72.3 Å². The highest BCUT2D eigenvalue weighted by Gasteiger charge is 2.40. The molecule has 3 aromatic rings. The number of phenols is 1. The number of aromatic hydroxyl groups is 1. The molecule has 2 heterocycles. The fraction of sp³-hybridized carbons (Fsp3) is 0.355. The van der Waals surface area contributed by atoms with Crippen LogP contribution in [0.2, 0.25) is 0 Å². The van der Waals surface area contributed by atoms with Crippen LogP contribution in [0.25, 0.3) is 0 Å². The molecule has 9 nitrogen and oxygen atoms in total. The summed E-state index contributed by atoms with van der Waals surface area (Å²) in [5.41, 5.74) is 1.00. The van der Waals surface area contributed by atoms with Crippen molar-refractivity contribution in [3.63, 3.8) is 0 Å². The fourth-order valence-electron chi connectivity index (χ4n) is 5.48. The van der Waals surface area contributed by atoms with E-state index in [0.29, 0.717) is 47.5 Å². The molecule has 1 saturated carbocycles. The van der Waals surface area contributed by atoms with E-state index in [1.807, 2.05) is 12.1 Å². The Balaban J connectivity index is 1.41. The Morgan fingerprint density at radius 3 is 2.30 bits per heavy atom. The summed E-state index contributed by atoms with van der Waals surface area (Å²) in [6.45, 7) is 0.801. The third-order valence-corrected chi connectivity index (χ3v) is 7.49. The maximum atomic E-state index is 14.4. The van der Waals surface area contributed by atoms with Crippen molar-refractivity contribution in [2.75, 3.05) is 24.7 Å². The van der Waals surface area contributed by atoms with Crippen LogP contribution in [0.4, 0.5) is 5.69 Å². The first-order chi connectivity index (χ1) is 19.6. The Labute approximate surface area is 232 Å². The Hall–Kier alpha value is -4.40. The number of nitrogens with one attached hydrogen (secondary N) is 1. The zero-order valence-corrected chi connectivity index (χ0v) is 22.1. The number of phenolic OH excluding ortho intramolecular Hbond substituents is 1. The molecular formula is C31H32N2O7. The van der Waals surface area contributed by atoms with E-state index >= 15 is 0 Å². The quantitative estimate of drug-likeness (QED) is 0.470. The van der Waals surface area contributed by atoms with Gasteiger partial charge in [0, 0.05) is 17.8 Å². The second-order valence-corrected chi connectivity index (χ2v) is 10.2. The lowest BCUT2D eigenvalue weighted by Gasteiger charge is -2.36. The van der Waals surface area contributed by atoms with Crippen LogP contribution in [0.5, 0.6) is 28.7 Å². The minimum atomic E-state index is -1.04. The second-order valence-electron chi connectivity index (χ2n) is 10.2. The smallest absolute Gasteiger partial charge is 0.272 e. The van der Waals surface area contributed by atoms with Crippen molar-refractivity contribution in [2.24, 2.45) is 0 Å². The molecule has 2 aliphatic heterocycles. The molecule has 1 fully saturated rings. The summed E-state index contributed by atoms with van der Waals surface area (Å²) in [6, 6.07) is 17.7. The number of ether oxygens (including phenoxy) is 4. The highest BCUT2D eigenvalue weighted by atomic mass is 16.6. The Kier molecular flexibility index (Phi) is 7.35. The minimum Gasteiger partial charge on any atom is -0.508 e. The average Bonchev–Trinajstić information content (AvgIpc) is 3.00. The normalized spacial score (nSPS) is 18.9. The highest BCUT2D eigenvalue weighted by molar-refractivity contribution is 6.04. The van der Waals surface area contributed by atoms with Gasteiger partial charge in [-0.1, -0.05) is 43.5 Å². The van der Waals surface area contributed by atoms with E-state index in [1.54, 1.807) is 42.5 Å². The number of benzene rings is 3. The molecule has 2 amide bonds. The zero-order chi connectivity index (χ0) is 27.5. The third-order valence-electron chi connectivity index (χ3n) is 7.49. The number of carbonyl (C=O) groups is 2. The molecule has 0 unspecified atom stereocenters. The molecule has 9 heteroatoms. The van der Waals surface area contributed by atoms with E-state index in [-0.39, 0.29) is 24.3 Å². The lowest BCUT2D eigenvalue weighted by molar-refractivity contribution is -0.132. The van der Waals surface area contributed by atoms with Crippen LogP contribution in [0.15, 0.2) is 66.7 Å². The van der Waals surface area contributed by atoms with Gasteiger partial charge in [-0.25, -0.2) is 0 Å². The molecule has 0 bridgehead atoms. The van der Waals surface area contributed by atoms with E-state index in [1.165, 1.54) is 17.0 Å². The van der Waals surface area contributed by atoms with Crippen molar-refractivity contribution in [3.8, 4) is 28.7 Å². The van der Waals surface area contributed by atoms with Crippen LogP contribution in [0, 0.1) is 0 Å². The number of hydrogen-bond donors (Lipinski definition) is 2. The zero-order valence-electron chi connectivity index (χ0n) is 22.1. The van der Waals surface area contributed by atoms with Gasteiger partial charge in [0.05, 0.1) is 0 Å². The predicted molar refractivity (Wildman–Crippen MR) is 147 cm³/mol. The standard InChI is InChI=1S/C31H32N2O7/c34-23-13-10-20(11-14-23)29(30(35)32-21-6-2-1-3-7-21)33(22-12-15-25-27(18-22)38-17-16-37-25)31(36)28-19-39-24-8-4-5-9-26(24)40-28/h4-5,8-15,18,21,28-29,34H,1-3,6-7,16-17,19H2,(H,32,35)/t28-,29-/m1/s1. The van der Waals surface area contributed by atoms with Crippen LogP contribution in [-0.4, -0.2) is 48.9 Å². The summed E-state index contributed by atoms with van der Waals surface area (Å²) in [5, 5.41) is 13.2. The topological polar surface area (TPSA) is 107 Å². The number of anilines is 1. The van der Waals surface area contributed by atoms with Crippen LogP contribution >= 0.6 is 0 Å². The molecule has 0 saturated heterocycles. The van der Waals surface area contributed by atoms with Gasteiger partial charge in [-0.2, -0.15) is 0 Å². The molecule has 2 atom stereocenters. The van der Waals surface area contributed by atoms with Gasteiger partial charge in [-0.05, 0) is 54.8 Å². The number of hydrogen-bond acceptors (Lipinski definition) is 7. The van der Waals surface area contributed by atoms with Gasteiger partial charge >= 0.3 is 0 Å². The summed E-state index contributed by atoms with van der Waals surface area (Å²) in [7, 11) is 0. The SMILES string of the molecule is O=C(NC1CCCCC1)[C@@H](c1ccc(O)cc1)N(C(=O)[C@H]1COc2ccccc2O1)c1ccc2c(c1)OCCO2. The largest absolute Gasteiger partial charge is 0.508 e. The number of amides is 2. The maximum absolute atomic E-state index is 14.4. The van der Waals surface area contributed by atoms with E-state index in [0.717, 1.165) is 32.1 Å². The van der Waals surface area contributed by atoms with Gasteiger partial charge in [0.2, 0.25) is 12.0 Å². The first-order valence-corrected chi connectivity index (χ1v) is 13.8. The Morgan fingerprint density at radius 2 is 1.52 bits per heavy atom. The van der Waals surface area contributed by atoms with E-state index in [2.05, 4.69) is 5.32 Å². The molecular weight excluding hydrogens is 512 g/mol. The summed E-state index contributed by atoms with van der Waals surface area (Å²) in [4.78, 5) is 29.9. The summed E-state index contributed by atoms with van der Waals surface area (Å²) in [6.07, 6.45) is 4.03. The fourth-order valence-corrected chi connectivity index (χ4v) is 5.48. The number of nitrogens with zero attached hydrogens (tertiary/aromatic N) is 1. The van der Waals surface area contributed by atoms with Gasteiger partial charge in [0.1, 0.15) is 31.6 Å². The van der Waals surface area contributed by atoms with Crippen molar-refractivity contribution < 1.29 is 33.6 Å². The van der Waals surface area contributed by atoms with Crippen LogP contribution in [-0.2, 0) is 9.59 Å². The molecule has 3 aromatic carbocycles. The van der Waals surface area contributed by atoms with Crippen LogP contribution in [0.3, 0.4) is 0 Å². The minimum absolute atomic E-state index is 0.0105. The highest BCUT2D eigenvalue weighted by Crippen LogP contribution is 2.39. The van der Waals surface area contributed by atoms with Crippen molar-refractivity contribution >= 4 is 17.5 Å². The third kappa shape index (κ3) is 5.36. The van der Waals surface area contributed by atoms with Gasteiger partial charge in [-0.3, -0.25) is 14.5 Å². The monoisotopic (exact) mass is 544 g/mol. The Bertz CT molecular complexity index is 1370. The average molecular weight is 545 g/mol. The second kappa shape index (κ2) is 11.4. The summed E-state index contributed by atoms with van der Waals surface area (Å²) in [5.74, 6) is 1.39. The van der Waals surface area contributed by atoms with E-state index in [9.17, 15) is 14.7 Å². The van der Waals surface area contributed by atoms with E-state index < -0.39 is 18.1 Å². The van der Waals surface area contributed by atoms with Gasteiger partial charge in [-0.15, -0.1) is 0 Å². The molecule has 2 N–H and O–H groups in total. The number of carbonyl (C=O) groups excluding carboxylic acids is 2. The van der Waals surface area contributed by atoms with Crippen LogP contribution < -0.4 is 29.2 Å². The first-order valence-electron chi connectivity index (χ1n) is 13.8. The van der Waals surface area contributed by atoms with Gasteiger partial charge < -0.3 is 29.4 Å². The first kappa shape index (κ1) is 25.9. The number of rotatable bonds is 6. The van der Waals surface area contributed by atoms with Gasteiger partial charge in [0.25, 0.3) is 5.91 Å². The number of fused-ring (bicyclic) bond motifs is 2. The molecule has 0 spiro atoms. The number of para-hydroxylation sites is 2. The maximum Gasteiger partial charge on any atom is 0.272 e. The molecule has 0 aromatic heterocycles. The molecule has 3 aliphatic rings. The summed E-state index contributed by atoms with van der Waals surface area (Å²) < 4.78 is 23.5. The predicted octanol–water partition coefficient (Wildman–Crippen LogP) is 4.53. The molecule has 208 valence electrons. The molecule has 0 radical (unpaired) electrons. The molecule has 40 heavy (non-hydrogen) atoms. The van der Waals surface area contributed by atoms with E-state index in [4.69, 9.17) is 18.9 Å². The Morgan fingerprint density at radius 1 is 0.825 bits per heavy atom.